The van der Waals surface area contributed by atoms with E-state index in [1.807, 2.05) is 49.4 Å². The van der Waals surface area contributed by atoms with Gasteiger partial charge in [-0.3, -0.25) is 15.0 Å². The maximum absolute atomic E-state index is 13.4. The molecule has 1 unspecified atom stereocenters. The maximum atomic E-state index is 13.4. The van der Waals surface area contributed by atoms with Crippen LogP contribution in [0.2, 0.25) is 0 Å². The second-order valence-corrected chi connectivity index (χ2v) is 8.18. The van der Waals surface area contributed by atoms with Crippen LogP contribution in [-0.2, 0) is 16.0 Å². The van der Waals surface area contributed by atoms with Gasteiger partial charge in [0, 0.05) is 11.6 Å². The fourth-order valence-corrected chi connectivity index (χ4v) is 4.06. The second kappa shape index (κ2) is 9.50. The van der Waals surface area contributed by atoms with Gasteiger partial charge in [0.05, 0.1) is 17.6 Å². The van der Waals surface area contributed by atoms with Gasteiger partial charge in [-0.15, -0.1) is 0 Å². The first kappa shape index (κ1) is 22.6. The predicted octanol–water partition coefficient (Wildman–Crippen LogP) is 4.33. The molecule has 0 bridgehead atoms. The van der Waals surface area contributed by atoms with Crippen LogP contribution in [0.15, 0.2) is 66.7 Å². The van der Waals surface area contributed by atoms with Crippen molar-refractivity contribution in [2.75, 3.05) is 11.6 Å². The molecule has 170 valence electrons. The summed E-state index contributed by atoms with van der Waals surface area (Å²) in [6, 6.07) is 17.9. The van der Waals surface area contributed by atoms with Crippen molar-refractivity contribution in [1.82, 2.24) is 10.7 Å². The summed E-state index contributed by atoms with van der Waals surface area (Å²) in [7, 11) is 0. The molecule has 4 rings (SSSR count). The number of hydrogen-bond acceptors (Lipinski definition) is 3. The third-order valence-corrected chi connectivity index (χ3v) is 5.86. The number of benzene rings is 3. The van der Waals surface area contributed by atoms with Crippen LogP contribution >= 0.6 is 0 Å². The Morgan fingerprint density at radius 3 is 2.36 bits per heavy atom. The van der Waals surface area contributed by atoms with Crippen molar-refractivity contribution in [1.29, 1.82) is 0 Å². The van der Waals surface area contributed by atoms with Gasteiger partial charge in [0.15, 0.2) is 0 Å². The van der Waals surface area contributed by atoms with Crippen molar-refractivity contribution in [3.63, 3.8) is 0 Å². The molecule has 3 aromatic carbocycles. The first-order valence-corrected chi connectivity index (χ1v) is 10.9. The van der Waals surface area contributed by atoms with Crippen LogP contribution in [0.4, 0.5) is 14.5 Å². The summed E-state index contributed by atoms with van der Waals surface area (Å²) in [5.74, 6) is -2.33. The topological polar surface area (TPSA) is 61.4 Å². The van der Waals surface area contributed by atoms with Gasteiger partial charge in [-0.1, -0.05) is 42.5 Å². The molecule has 0 saturated carbocycles. The Balaban J connectivity index is 1.48. The van der Waals surface area contributed by atoms with Crippen LogP contribution in [0.3, 0.4) is 0 Å². The molecule has 1 aliphatic rings. The van der Waals surface area contributed by atoms with E-state index in [2.05, 4.69) is 10.7 Å². The minimum absolute atomic E-state index is 0.233. The van der Waals surface area contributed by atoms with Crippen LogP contribution in [0.1, 0.15) is 30.9 Å². The fraction of sp³-hybridized carbons (Fsp3) is 0.231. The zero-order valence-corrected chi connectivity index (χ0v) is 18.4. The summed E-state index contributed by atoms with van der Waals surface area (Å²) in [5, 5.41) is 4.37. The summed E-state index contributed by atoms with van der Waals surface area (Å²) < 4.78 is 26.7. The molecule has 3 aromatic rings. The van der Waals surface area contributed by atoms with Crippen molar-refractivity contribution in [3.8, 4) is 11.1 Å². The van der Waals surface area contributed by atoms with Crippen LogP contribution in [0, 0.1) is 11.6 Å². The van der Waals surface area contributed by atoms with Crippen LogP contribution in [0.25, 0.3) is 11.1 Å². The molecule has 0 aromatic heterocycles. The molecule has 33 heavy (non-hydrogen) atoms. The third kappa shape index (κ3) is 4.78. The molecule has 0 spiro atoms. The number of rotatable bonds is 6. The highest BCUT2D eigenvalue weighted by Gasteiger charge is 2.32. The Morgan fingerprint density at radius 2 is 1.64 bits per heavy atom. The zero-order chi connectivity index (χ0) is 23.5. The van der Waals surface area contributed by atoms with E-state index in [1.165, 1.54) is 17.1 Å². The van der Waals surface area contributed by atoms with E-state index in [0.717, 1.165) is 22.8 Å². The van der Waals surface area contributed by atoms with Gasteiger partial charge < -0.3 is 5.32 Å². The Bertz CT molecular complexity index is 1180. The van der Waals surface area contributed by atoms with Crippen molar-refractivity contribution < 1.29 is 18.4 Å². The van der Waals surface area contributed by atoms with Gasteiger partial charge in [0.2, 0.25) is 0 Å². The predicted molar refractivity (Wildman–Crippen MR) is 123 cm³/mol. The molecule has 1 heterocycles. The van der Waals surface area contributed by atoms with Crippen LogP contribution < -0.4 is 15.8 Å². The first-order valence-electron chi connectivity index (χ1n) is 10.9. The van der Waals surface area contributed by atoms with Crippen molar-refractivity contribution in [3.05, 3.63) is 89.5 Å². The highest BCUT2D eigenvalue weighted by atomic mass is 19.1. The van der Waals surface area contributed by atoms with E-state index in [9.17, 15) is 18.4 Å². The van der Waals surface area contributed by atoms with Crippen LogP contribution in [0.5, 0.6) is 0 Å². The summed E-state index contributed by atoms with van der Waals surface area (Å²) in [4.78, 5) is 26.2. The molecule has 0 saturated heterocycles. The van der Waals surface area contributed by atoms with Crippen LogP contribution in [-0.4, -0.2) is 24.4 Å². The molecule has 2 amide bonds. The third-order valence-electron chi connectivity index (χ3n) is 5.86. The average Bonchev–Trinajstić information content (AvgIpc) is 2.88. The van der Waals surface area contributed by atoms with E-state index in [1.54, 1.807) is 13.0 Å². The Hall–Kier alpha value is -3.58. The highest BCUT2D eigenvalue weighted by Crippen LogP contribution is 2.39. The summed E-state index contributed by atoms with van der Waals surface area (Å²) in [5.41, 5.74) is 6.58. The molecule has 0 radical (unpaired) electrons. The minimum atomic E-state index is -0.635. The monoisotopic (exact) mass is 449 g/mol. The lowest BCUT2D eigenvalue weighted by atomic mass is 9.92. The maximum Gasteiger partial charge on any atom is 0.255 e. The quantitative estimate of drug-likeness (QED) is 0.589. The minimum Gasteiger partial charge on any atom is -0.306 e. The van der Waals surface area contributed by atoms with E-state index in [4.69, 9.17) is 0 Å². The number of anilines is 1. The van der Waals surface area contributed by atoms with Gasteiger partial charge in [0.25, 0.3) is 11.8 Å². The molecule has 7 heteroatoms. The standard InChI is InChI=1S/C26H25F2N3O2/c1-16-21-7-3-4-8-22(21)23-9-5-6-10-24(23)31(26(16)33)30-25(32)17(2)29-12-11-18-13-19(27)15-20(28)14-18/h3-10,13-17,29H,11-12H2,1-2H3,(H,30,32)/t16?,17-/m0/s1. The highest BCUT2D eigenvalue weighted by molar-refractivity contribution is 6.06. The lowest BCUT2D eigenvalue weighted by Crippen LogP contribution is -2.53. The first-order chi connectivity index (χ1) is 15.8. The number of carbonyl (C=O) groups excluding carboxylic acids is 2. The molecular formula is C26H25F2N3O2. The van der Waals surface area contributed by atoms with E-state index in [-0.39, 0.29) is 11.8 Å². The summed E-state index contributed by atoms with van der Waals surface area (Å²) >= 11 is 0. The molecule has 2 atom stereocenters. The summed E-state index contributed by atoms with van der Waals surface area (Å²) in [6.07, 6.45) is 0.351. The SMILES string of the molecule is CC1C(=O)N(NC(=O)[C@H](C)NCCc2cc(F)cc(F)c2)c2ccccc2-c2ccccc21. The number of carbonyl (C=O) groups is 2. The average molecular weight is 450 g/mol. The van der Waals surface area contributed by atoms with E-state index >= 15 is 0 Å². The fourth-order valence-electron chi connectivity index (χ4n) is 4.06. The van der Waals surface area contributed by atoms with Crippen molar-refractivity contribution in [2.24, 2.45) is 0 Å². The molecule has 5 nitrogen and oxygen atoms in total. The van der Waals surface area contributed by atoms with Gasteiger partial charge in [-0.2, -0.15) is 0 Å². The number of amides is 2. The number of hydrogen-bond donors (Lipinski definition) is 2. The number of hydrazine groups is 1. The van der Waals surface area contributed by atoms with Crippen molar-refractivity contribution >= 4 is 17.5 Å². The zero-order valence-electron chi connectivity index (χ0n) is 18.4. The number of nitrogens with zero attached hydrogens (tertiary/aromatic N) is 1. The van der Waals surface area contributed by atoms with E-state index < -0.39 is 23.6 Å². The van der Waals surface area contributed by atoms with Crippen molar-refractivity contribution in [2.45, 2.75) is 32.2 Å². The molecule has 0 aliphatic carbocycles. The largest absolute Gasteiger partial charge is 0.306 e. The summed E-state index contributed by atoms with van der Waals surface area (Å²) in [6.45, 7) is 3.84. The second-order valence-electron chi connectivity index (χ2n) is 8.18. The van der Waals surface area contributed by atoms with Gasteiger partial charge in [0.1, 0.15) is 11.6 Å². The normalized spacial score (nSPS) is 15.9. The smallest absolute Gasteiger partial charge is 0.255 e. The molecule has 0 fully saturated rings. The number of nitrogens with one attached hydrogen (secondary N) is 2. The van der Waals surface area contributed by atoms with Gasteiger partial charge in [-0.05, 0) is 61.7 Å². The number of para-hydroxylation sites is 1. The molecule has 1 aliphatic heterocycles. The van der Waals surface area contributed by atoms with E-state index in [0.29, 0.717) is 24.2 Å². The molecular weight excluding hydrogens is 424 g/mol. The Morgan fingerprint density at radius 1 is 1.00 bits per heavy atom. The Kier molecular flexibility index (Phi) is 6.51. The number of halogens is 2. The molecule has 2 N–H and O–H groups in total. The lowest BCUT2D eigenvalue weighted by Gasteiger charge is -2.27. The lowest BCUT2D eigenvalue weighted by molar-refractivity contribution is -0.127. The van der Waals surface area contributed by atoms with Gasteiger partial charge >= 0.3 is 0 Å². The Labute approximate surface area is 191 Å². The van der Waals surface area contributed by atoms with Gasteiger partial charge in [-0.25, -0.2) is 13.8 Å². The number of fused-ring (bicyclic) bond motifs is 3.